The van der Waals surface area contributed by atoms with Crippen LogP contribution in [0, 0.1) is 0 Å². The molecule has 5 nitrogen and oxygen atoms in total. The molecule has 0 bridgehead atoms. The molecular weight excluding hydrogens is 242 g/mol. The molecule has 17 heavy (non-hydrogen) atoms. The first-order valence-electron chi connectivity index (χ1n) is 6.28. The third-order valence-corrected chi connectivity index (χ3v) is 3.19. The van der Waals surface area contributed by atoms with Crippen molar-refractivity contribution < 1.29 is 17.2 Å². The number of rotatable bonds is 1. The van der Waals surface area contributed by atoms with Crippen LogP contribution in [0.2, 0.25) is 0 Å². The Hall–Kier alpha value is -0.620. The van der Waals surface area contributed by atoms with E-state index in [2.05, 4.69) is 9.18 Å². The van der Waals surface area contributed by atoms with Gasteiger partial charge in [0.25, 0.3) is 0 Å². The summed E-state index contributed by atoms with van der Waals surface area (Å²) in [5, 5.41) is 0. The Labute approximate surface area is 103 Å². The third kappa shape index (κ3) is 8.15. The fraction of sp³-hybridized carbons (Fsp3) is 0.909. The Morgan fingerprint density at radius 2 is 1.47 bits per heavy atom. The minimum Gasteiger partial charge on any atom is -0.346 e. The van der Waals surface area contributed by atoms with Crippen LogP contribution in [0.4, 0.5) is 0 Å². The van der Waals surface area contributed by atoms with Crippen molar-refractivity contribution in [2.75, 3.05) is 6.54 Å². The molecule has 0 unspecified atom stereocenters. The van der Waals surface area contributed by atoms with E-state index in [1.54, 1.807) is 0 Å². The SMILES string of the molecule is O=S(=O)(O)O/C1=N\CCCCCCCCCC1. The first-order valence-corrected chi connectivity index (χ1v) is 7.65. The van der Waals surface area contributed by atoms with Gasteiger partial charge in [-0.05, 0) is 12.8 Å². The highest BCUT2D eigenvalue weighted by Gasteiger charge is 2.11. The van der Waals surface area contributed by atoms with Crippen LogP contribution in [-0.4, -0.2) is 25.4 Å². The maximum Gasteiger partial charge on any atom is 0.447 e. The second-order valence-electron chi connectivity index (χ2n) is 4.36. The molecule has 100 valence electrons. The zero-order valence-corrected chi connectivity index (χ0v) is 10.9. The van der Waals surface area contributed by atoms with Gasteiger partial charge in [-0.2, -0.15) is 8.42 Å². The largest absolute Gasteiger partial charge is 0.447 e. The van der Waals surface area contributed by atoms with Crippen LogP contribution in [0.25, 0.3) is 0 Å². The summed E-state index contributed by atoms with van der Waals surface area (Å²) in [5.74, 6) is 0.146. The Kier molecular flexibility index (Phi) is 6.50. The topological polar surface area (TPSA) is 76.0 Å². The summed E-state index contributed by atoms with van der Waals surface area (Å²) >= 11 is 0. The predicted octanol–water partition coefficient (Wildman–Crippen LogP) is 2.73. The van der Waals surface area contributed by atoms with Gasteiger partial charge in [-0.15, -0.1) is 0 Å². The first kappa shape index (κ1) is 14.4. The Morgan fingerprint density at radius 1 is 0.941 bits per heavy atom. The average molecular weight is 263 g/mol. The molecule has 0 aromatic heterocycles. The normalized spacial score (nSPS) is 23.9. The molecule has 0 radical (unpaired) electrons. The van der Waals surface area contributed by atoms with E-state index in [1.807, 2.05) is 0 Å². The highest BCUT2D eigenvalue weighted by atomic mass is 32.3. The van der Waals surface area contributed by atoms with E-state index in [9.17, 15) is 8.42 Å². The zero-order valence-electron chi connectivity index (χ0n) is 10.1. The van der Waals surface area contributed by atoms with E-state index in [0.717, 1.165) is 25.7 Å². The van der Waals surface area contributed by atoms with E-state index in [-0.39, 0.29) is 5.90 Å². The lowest BCUT2D eigenvalue weighted by Crippen LogP contribution is -2.13. The van der Waals surface area contributed by atoms with E-state index >= 15 is 0 Å². The monoisotopic (exact) mass is 263 g/mol. The van der Waals surface area contributed by atoms with Gasteiger partial charge in [-0.3, -0.25) is 9.55 Å². The number of hydrogen-bond donors (Lipinski definition) is 1. The second kappa shape index (κ2) is 7.66. The number of hydrogen-bond acceptors (Lipinski definition) is 4. The molecule has 0 fully saturated rings. The molecule has 0 aromatic rings. The molecule has 1 N–H and O–H groups in total. The second-order valence-corrected chi connectivity index (χ2v) is 5.39. The molecule has 1 aliphatic heterocycles. The van der Waals surface area contributed by atoms with Gasteiger partial charge in [0.05, 0.1) is 0 Å². The van der Waals surface area contributed by atoms with E-state index in [0.29, 0.717) is 13.0 Å². The van der Waals surface area contributed by atoms with Crippen molar-refractivity contribution in [3.63, 3.8) is 0 Å². The molecule has 0 saturated carbocycles. The quantitative estimate of drug-likeness (QED) is 0.738. The lowest BCUT2D eigenvalue weighted by Gasteiger charge is -2.08. The van der Waals surface area contributed by atoms with Crippen molar-refractivity contribution in [3.05, 3.63) is 0 Å². The maximum atomic E-state index is 10.6. The Bertz CT molecular complexity index is 337. The molecule has 6 heteroatoms. The highest BCUT2D eigenvalue weighted by molar-refractivity contribution is 7.81. The van der Waals surface area contributed by atoms with E-state index in [1.165, 1.54) is 25.7 Å². The van der Waals surface area contributed by atoms with Crippen molar-refractivity contribution in [3.8, 4) is 0 Å². The Balaban J connectivity index is 2.50. The maximum absolute atomic E-state index is 10.6. The van der Waals surface area contributed by atoms with Gasteiger partial charge in [-0.25, -0.2) is 0 Å². The van der Waals surface area contributed by atoms with Crippen LogP contribution in [0.1, 0.15) is 57.8 Å². The van der Waals surface area contributed by atoms with Gasteiger partial charge < -0.3 is 4.18 Å². The molecule has 1 aliphatic rings. The predicted molar refractivity (Wildman–Crippen MR) is 66.5 cm³/mol. The summed E-state index contributed by atoms with van der Waals surface area (Å²) < 4.78 is 34.3. The van der Waals surface area contributed by atoms with Crippen LogP contribution in [0.3, 0.4) is 0 Å². The van der Waals surface area contributed by atoms with Crippen LogP contribution >= 0.6 is 0 Å². The van der Waals surface area contributed by atoms with Crippen molar-refractivity contribution in [2.24, 2.45) is 4.99 Å². The van der Waals surface area contributed by atoms with Crippen LogP contribution in [-0.2, 0) is 14.6 Å². The summed E-state index contributed by atoms with van der Waals surface area (Å²) in [7, 11) is -4.42. The highest BCUT2D eigenvalue weighted by Crippen LogP contribution is 2.12. The van der Waals surface area contributed by atoms with Crippen molar-refractivity contribution >= 4 is 16.3 Å². The van der Waals surface area contributed by atoms with Crippen LogP contribution in [0.5, 0.6) is 0 Å². The summed E-state index contributed by atoms with van der Waals surface area (Å²) in [6.07, 6.45) is 9.34. The van der Waals surface area contributed by atoms with Gasteiger partial charge in [-0.1, -0.05) is 38.5 Å². The summed E-state index contributed by atoms with van der Waals surface area (Å²) in [6, 6.07) is 0. The number of nitrogens with zero attached hydrogens (tertiary/aromatic N) is 1. The van der Waals surface area contributed by atoms with E-state index < -0.39 is 10.4 Å². The molecule has 0 amide bonds. The van der Waals surface area contributed by atoms with Gasteiger partial charge in [0.2, 0.25) is 5.90 Å². The molecule has 0 aliphatic carbocycles. The fourth-order valence-electron chi connectivity index (χ4n) is 1.92. The standard InChI is InChI=1S/C11H21NO4S/c13-17(14,15)16-11-9-7-5-3-1-2-4-6-8-10-12-11/h1-10H2,(H,13,14,15)/b12-11-. The minimum atomic E-state index is -4.42. The lowest BCUT2D eigenvalue weighted by molar-refractivity contribution is 0.375. The summed E-state index contributed by atoms with van der Waals surface area (Å²) in [6.45, 7) is 0.574. The molecule has 0 spiro atoms. The van der Waals surface area contributed by atoms with Gasteiger partial charge in [0.1, 0.15) is 0 Å². The lowest BCUT2D eigenvalue weighted by atomic mass is 10.1. The average Bonchev–Trinajstić information content (AvgIpc) is 2.20. The molecule has 1 heterocycles. The first-order chi connectivity index (χ1) is 8.08. The van der Waals surface area contributed by atoms with Gasteiger partial charge in [0.15, 0.2) is 0 Å². The molecular formula is C11H21NO4S. The van der Waals surface area contributed by atoms with Gasteiger partial charge >= 0.3 is 10.4 Å². The van der Waals surface area contributed by atoms with Crippen molar-refractivity contribution in [1.82, 2.24) is 0 Å². The van der Waals surface area contributed by atoms with Crippen molar-refractivity contribution in [1.29, 1.82) is 0 Å². The van der Waals surface area contributed by atoms with E-state index in [4.69, 9.17) is 4.55 Å². The molecule has 0 aromatic carbocycles. The van der Waals surface area contributed by atoms with Crippen LogP contribution < -0.4 is 0 Å². The number of aliphatic imine (C=N–C) groups is 1. The summed E-state index contributed by atoms with van der Waals surface area (Å²) in [4.78, 5) is 4.10. The van der Waals surface area contributed by atoms with Gasteiger partial charge in [0, 0.05) is 13.0 Å². The molecule has 0 atom stereocenters. The zero-order chi connectivity index (χ0) is 12.6. The fourth-order valence-corrected chi connectivity index (χ4v) is 2.30. The minimum absolute atomic E-state index is 0.146. The molecule has 0 saturated heterocycles. The smallest absolute Gasteiger partial charge is 0.346 e. The third-order valence-electron chi connectivity index (χ3n) is 2.79. The van der Waals surface area contributed by atoms with Crippen LogP contribution in [0.15, 0.2) is 4.99 Å². The Morgan fingerprint density at radius 3 is 2.06 bits per heavy atom. The molecule has 1 rings (SSSR count). The summed E-state index contributed by atoms with van der Waals surface area (Å²) in [5.41, 5.74) is 0. The van der Waals surface area contributed by atoms with Crippen molar-refractivity contribution in [2.45, 2.75) is 57.8 Å².